The van der Waals surface area contributed by atoms with Crippen molar-refractivity contribution in [1.82, 2.24) is 26.4 Å². The van der Waals surface area contributed by atoms with E-state index in [0.29, 0.717) is 35.9 Å². The Labute approximate surface area is 168 Å². The summed E-state index contributed by atoms with van der Waals surface area (Å²) in [4.78, 5) is 12.6. The van der Waals surface area contributed by atoms with Crippen LogP contribution in [0.1, 0.15) is 46.0 Å². The van der Waals surface area contributed by atoms with Crippen molar-refractivity contribution in [1.29, 1.82) is 0 Å². The van der Waals surface area contributed by atoms with Gasteiger partial charge < -0.3 is 15.4 Å². The van der Waals surface area contributed by atoms with Gasteiger partial charge in [-0.2, -0.15) is 0 Å². The molecule has 5 aliphatic rings. The summed E-state index contributed by atoms with van der Waals surface area (Å²) in [6.45, 7) is 8.88. The van der Waals surface area contributed by atoms with Crippen LogP contribution in [0.15, 0.2) is 0 Å². The normalized spacial score (nSPS) is 46.1. The monoisotopic (exact) mass is 391 g/mol. The van der Waals surface area contributed by atoms with Gasteiger partial charge >= 0.3 is 0 Å². The first-order valence-electron chi connectivity index (χ1n) is 11.4. The standard InChI is InChI=1S/C21H37N5O2/c1-21(2)17-15(7-8-23-19(17)24-20(21)27)18-14-5-3-4-6-16(14)26(25-18)11-13-12-28-10-9-22-13/h13-19,22-23,25H,3-12H2,1-2H3,(H,24,27)/t13-,14?,15?,16?,17?,18?,19?/m0/s1. The van der Waals surface area contributed by atoms with Crippen molar-refractivity contribution >= 4 is 5.91 Å². The molecule has 4 aliphatic heterocycles. The third kappa shape index (κ3) is 3.19. The molecule has 5 rings (SSSR count). The molecule has 1 saturated carbocycles. The average Bonchev–Trinajstić information content (AvgIpc) is 3.18. The lowest BCUT2D eigenvalue weighted by molar-refractivity contribution is -0.127. The van der Waals surface area contributed by atoms with Crippen molar-refractivity contribution in [3.63, 3.8) is 0 Å². The Morgan fingerprint density at radius 1 is 1.11 bits per heavy atom. The molecular formula is C21H37N5O2. The summed E-state index contributed by atoms with van der Waals surface area (Å²) in [6, 6.07) is 1.52. The Balaban J connectivity index is 1.37. The first-order chi connectivity index (χ1) is 13.6. The molecule has 0 aromatic carbocycles. The molecule has 1 aliphatic carbocycles. The lowest BCUT2D eigenvalue weighted by Crippen LogP contribution is -2.57. The highest BCUT2D eigenvalue weighted by atomic mass is 16.5. The van der Waals surface area contributed by atoms with Gasteiger partial charge in [-0.15, -0.1) is 0 Å². The predicted octanol–water partition coefficient (Wildman–Crippen LogP) is 0.430. The van der Waals surface area contributed by atoms with Gasteiger partial charge in [0.2, 0.25) is 5.91 Å². The smallest absolute Gasteiger partial charge is 0.227 e. The molecule has 158 valence electrons. The summed E-state index contributed by atoms with van der Waals surface area (Å²) >= 11 is 0. The summed E-state index contributed by atoms with van der Waals surface area (Å²) in [6.07, 6.45) is 6.58. The van der Waals surface area contributed by atoms with Crippen LogP contribution in [0, 0.1) is 23.2 Å². The molecule has 7 nitrogen and oxygen atoms in total. The van der Waals surface area contributed by atoms with Gasteiger partial charge in [0.15, 0.2) is 0 Å². The van der Waals surface area contributed by atoms with E-state index in [0.717, 1.165) is 39.3 Å². The maximum Gasteiger partial charge on any atom is 0.227 e. The molecule has 0 aromatic heterocycles. The summed E-state index contributed by atoms with van der Waals surface area (Å²) in [5, 5.41) is 13.0. The van der Waals surface area contributed by atoms with Crippen LogP contribution in [0.3, 0.4) is 0 Å². The number of amides is 1. The van der Waals surface area contributed by atoms with E-state index in [9.17, 15) is 4.79 Å². The Hall–Kier alpha value is -0.730. The average molecular weight is 392 g/mol. The van der Waals surface area contributed by atoms with E-state index in [2.05, 4.69) is 40.2 Å². The van der Waals surface area contributed by atoms with Crippen molar-refractivity contribution in [3.8, 4) is 0 Å². The maximum absolute atomic E-state index is 12.6. The number of morpholine rings is 1. The number of rotatable bonds is 3. The van der Waals surface area contributed by atoms with Crippen LogP contribution in [0.25, 0.3) is 0 Å². The number of carbonyl (C=O) groups excluding carboxylic acids is 1. The van der Waals surface area contributed by atoms with E-state index in [1.54, 1.807) is 0 Å². The molecule has 1 amide bonds. The van der Waals surface area contributed by atoms with Crippen molar-refractivity contribution in [2.24, 2.45) is 23.2 Å². The fraction of sp³-hybridized carbons (Fsp3) is 0.952. The lowest BCUT2D eigenvalue weighted by atomic mass is 9.64. The van der Waals surface area contributed by atoms with Crippen molar-refractivity contribution in [2.75, 3.05) is 32.8 Å². The van der Waals surface area contributed by atoms with Crippen LogP contribution in [0.4, 0.5) is 0 Å². The number of fused-ring (bicyclic) bond motifs is 2. The fourth-order valence-electron chi connectivity index (χ4n) is 6.84. The molecule has 0 aromatic rings. The zero-order chi connectivity index (χ0) is 19.3. The number of nitrogens with one attached hydrogen (secondary N) is 4. The number of ether oxygens (including phenoxy) is 1. The molecular weight excluding hydrogens is 354 g/mol. The quantitative estimate of drug-likeness (QED) is 0.559. The molecule has 5 fully saturated rings. The van der Waals surface area contributed by atoms with E-state index in [1.807, 2.05) is 0 Å². The van der Waals surface area contributed by atoms with Crippen molar-refractivity contribution < 1.29 is 9.53 Å². The van der Waals surface area contributed by atoms with Crippen molar-refractivity contribution in [2.45, 2.75) is 70.2 Å². The second kappa shape index (κ2) is 7.51. The molecule has 0 radical (unpaired) electrons. The van der Waals surface area contributed by atoms with Gasteiger partial charge in [0, 0.05) is 42.5 Å². The highest BCUT2D eigenvalue weighted by molar-refractivity contribution is 5.85. The summed E-state index contributed by atoms with van der Waals surface area (Å²) in [5.74, 6) is 1.80. The molecule has 7 heteroatoms. The van der Waals surface area contributed by atoms with E-state index in [1.165, 1.54) is 25.7 Å². The van der Waals surface area contributed by atoms with E-state index in [4.69, 9.17) is 4.74 Å². The minimum absolute atomic E-state index is 0.132. The molecule has 28 heavy (non-hydrogen) atoms. The third-order valence-corrected chi connectivity index (χ3v) is 8.20. The van der Waals surface area contributed by atoms with Gasteiger partial charge in [0.25, 0.3) is 0 Å². The second-order valence-electron chi connectivity index (χ2n) is 10.2. The third-order valence-electron chi connectivity index (χ3n) is 8.20. The van der Waals surface area contributed by atoms with Gasteiger partial charge in [0.05, 0.1) is 19.4 Å². The number of nitrogens with zero attached hydrogens (tertiary/aromatic N) is 1. The Kier molecular flexibility index (Phi) is 5.16. The van der Waals surface area contributed by atoms with Crippen LogP contribution in [0.5, 0.6) is 0 Å². The van der Waals surface area contributed by atoms with Gasteiger partial charge in [-0.05, 0) is 37.6 Å². The van der Waals surface area contributed by atoms with Crippen LogP contribution in [-0.4, -0.2) is 68.1 Å². The number of hydrogen-bond acceptors (Lipinski definition) is 6. The zero-order valence-electron chi connectivity index (χ0n) is 17.4. The summed E-state index contributed by atoms with van der Waals surface area (Å²) in [7, 11) is 0. The minimum atomic E-state index is -0.305. The van der Waals surface area contributed by atoms with Crippen LogP contribution in [0.2, 0.25) is 0 Å². The largest absolute Gasteiger partial charge is 0.378 e. The molecule has 4 N–H and O–H groups in total. The molecule has 4 saturated heterocycles. The highest BCUT2D eigenvalue weighted by Crippen LogP contribution is 2.48. The zero-order valence-corrected chi connectivity index (χ0v) is 17.4. The molecule has 4 heterocycles. The second-order valence-corrected chi connectivity index (χ2v) is 10.2. The minimum Gasteiger partial charge on any atom is -0.378 e. The van der Waals surface area contributed by atoms with E-state index in [-0.39, 0.29) is 17.5 Å². The first-order valence-corrected chi connectivity index (χ1v) is 11.4. The fourth-order valence-corrected chi connectivity index (χ4v) is 6.84. The SMILES string of the molecule is CC1(C)C(=O)NC2NCCC(C3NN(C[C@H]4COCCN4)C4CCCCC34)C21. The maximum atomic E-state index is 12.6. The van der Waals surface area contributed by atoms with Crippen LogP contribution < -0.4 is 21.4 Å². The number of piperidine rings is 1. The number of carbonyl (C=O) groups is 1. The first kappa shape index (κ1) is 19.2. The Morgan fingerprint density at radius 2 is 1.96 bits per heavy atom. The molecule has 6 unspecified atom stereocenters. The van der Waals surface area contributed by atoms with Gasteiger partial charge in [-0.1, -0.05) is 26.7 Å². The molecule has 0 spiro atoms. The Bertz CT molecular complexity index is 593. The van der Waals surface area contributed by atoms with Crippen LogP contribution in [-0.2, 0) is 9.53 Å². The summed E-state index contributed by atoms with van der Waals surface area (Å²) in [5.41, 5.74) is 3.68. The molecule has 7 atom stereocenters. The van der Waals surface area contributed by atoms with Gasteiger partial charge in [-0.25, -0.2) is 5.01 Å². The van der Waals surface area contributed by atoms with E-state index < -0.39 is 0 Å². The summed E-state index contributed by atoms with van der Waals surface area (Å²) < 4.78 is 5.70. The van der Waals surface area contributed by atoms with Gasteiger partial charge in [0.1, 0.15) is 0 Å². The predicted molar refractivity (Wildman–Crippen MR) is 107 cm³/mol. The lowest BCUT2D eigenvalue weighted by Gasteiger charge is -2.44. The van der Waals surface area contributed by atoms with Gasteiger partial charge in [-0.3, -0.25) is 15.5 Å². The topological polar surface area (TPSA) is 77.7 Å². The Morgan fingerprint density at radius 3 is 2.79 bits per heavy atom. The van der Waals surface area contributed by atoms with Crippen molar-refractivity contribution in [3.05, 3.63) is 0 Å². The highest BCUT2D eigenvalue weighted by Gasteiger charge is 2.57. The van der Waals surface area contributed by atoms with E-state index >= 15 is 0 Å². The van der Waals surface area contributed by atoms with Crippen LogP contribution >= 0.6 is 0 Å². The number of hydrazine groups is 1. The molecule has 0 bridgehead atoms. The number of hydrogen-bond donors (Lipinski definition) is 4.